The summed E-state index contributed by atoms with van der Waals surface area (Å²) in [4.78, 5) is 17.4. The van der Waals surface area contributed by atoms with E-state index in [2.05, 4.69) is 15.6 Å². The first-order chi connectivity index (χ1) is 13.4. The number of benzene rings is 2. The lowest BCUT2D eigenvalue weighted by molar-refractivity contribution is 0.102. The maximum Gasteiger partial charge on any atom is 0.262 e. The van der Waals surface area contributed by atoms with Crippen LogP contribution in [0, 0.1) is 19.8 Å². The van der Waals surface area contributed by atoms with Crippen molar-refractivity contribution in [3.8, 4) is 11.1 Å². The van der Waals surface area contributed by atoms with Gasteiger partial charge in [-0.2, -0.15) is 9.49 Å². The SMILES string of the molecule is CO/N=C/c1ccc(-c2ccccc2NC(=O)c2c(C)nn(C)c2F)cc1C. The Balaban J connectivity index is 1.95. The monoisotopic (exact) mass is 380 g/mol. The van der Waals surface area contributed by atoms with Crippen LogP contribution >= 0.6 is 0 Å². The number of nitrogens with one attached hydrogen (secondary N) is 1. The van der Waals surface area contributed by atoms with Crippen LogP contribution in [0.3, 0.4) is 0 Å². The number of para-hydroxylation sites is 1. The van der Waals surface area contributed by atoms with E-state index >= 15 is 0 Å². The molecule has 144 valence electrons. The van der Waals surface area contributed by atoms with E-state index in [4.69, 9.17) is 4.84 Å². The molecule has 7 heteroatoms. The minimum Gasteiger partial charge on any atom is -0.399 e. The van der Waals surface area contributed by atoms with E-state index < -0.39 is 11.9 Å². The lowest BCUT2D eigenvalue weighted by atomic mass is 9.99. The maximum atomic E-state index is 14.2. The zero-order valence-corrected chi connectivity index (χ0v) is 16.2. The highest BCUT2D eigenvalue weighted by Gasteiger charge is 2.21. The fraction of sp³-hybridized carbons (Fsp3) is 0.190. The first-order valence-corrected chi connectivity index (χ1v) is 8.69. The molecule has 0 atom stereocenters. The number of anilines is 1. The fourth-order valence-electron chi connectivity index (χ4n) is 3.01. The molecule has 1 amide bonds. The van der Waals surface area contributed by atoms with Crippen LogP contribution in [0.4, 0.5) is 10.1 Å². The molecule has 1 aromatic heterocycles. The molecule has 0 fully saturated rings. The molecule has 0 aliphatic carbocycles. The number of oxime groups is 1. The number of aromatic nitrogens is 2. The Morgan fingerprint density at radius 3 is 2.64 bits per heavy atom. The summed E-state index contributed by atoms with van der Waals surface area (Å²) in [5.74, 6) is -1.19. The second kappa shape index (κ2) is 8.04. The minimum atomic E-state index is -0.662. The highest BCUT2D eigenvalue weighted by Crippen LogP contribution is 2.30. The predicted octanol–water partition coefficient (Wildman–Crippen LogP) is 4.08. The number of amides is 1. The van der Waals surface area contributed by atoms with Crippen molar-refractivity contribution in [3.05, 3.63) is 70.8 Å². The summed E-state index contributed by atoms with van der Waals surface area (Å²) in [7, 11) is 2.95. The molecule has 6 nitrogen and oxygen atoms in total. The summed E-state index contributed by atoms with van der Waals surface area (Å²) in [6, 6.07) is 13.3. The molecule has 0 saturated carbocycles. The van der Waals surface area contributed by atoms with Crippen LogP contribution in [-0.4, -0.2) is 29.0 Å². The van der Waals surface area contributed by atoms with Crippen LogP contribution in [0.1, 0.15) is 27.2 Å². The first kappa shape index (κ1) is 19.3. The molecule has 1 N–H and O–H groups in total. The molecule has 0 aliphatic heterocycles. The quantitative estimate of drug-likeness (QED) is 0.536. The maximum absolute atomic E-state index is 14.2. The summed E-state index contributed by atoms with van der Waals surface area (Å²) in [5, 5.41) is 10.6. The number of rotatable bonds is 5. The van der Waals surface area contributed by atoms with Crippen LogP contribution in [0.5, 0.6) is 0 Å². The number of carbonyl (C=O) groups excluding carboxylic acids is 1. The number of nitrogens with zero attached hydrogens (tertiary/aromatic N) is 3. The summed E-state index contributed by atoms with van der Waals surface area (Å²) in [5.41, 5.74) is 4.57. The van der Waals surface area contributed by atoms with Gasteiger partial charge in [0.25, 0.3) is 5.91 Å². The molecule has 0 bridgehead atoms. The first-order valence-electron chi connectivity index (χ1n) is 8.69. The van der Waals surface area contributed by atoms with Gasteiger partial charge < -0.3 is 10.2 Å². The third kappa shape index (κ3) is 3.78. The summed E-state index contributed by atoms with van der Waals surface area (Å²) < 4.78 is 15.3. The molecule has 0 spiro atoms. The third-order valence-electron chi connectivity index (χ3n) is 4.43. The van der Waals surface area contributed by atoms with Gasteiger partial charge in [0.2, 0.25) is 5.95 Å². The van der Waals surface area contributed by atoms with Gasteiger partial charge in [0, 0.05) is 18.3 Å². The molecule has 1 heterocycles. The normalized spacial score (nSPS) is 11.0. The number of hydrogen-bond acceptors (Lipinski definition) is 4. The molecular formula is C21H21FN4O2. The zero-order valence-electron chi connectivity index (χ0n) is 16.2. The molecule has 0 unspecified atom stereocenters. The van der Waals surface area contributed by atoms with Crippen molar-refractivity contribution in [1.29, 1.82) is 0 Å². The van der Waals surface area contributed by atoms with Gasteiger partial charge in [-0.3, -0.25) is 4.79 Å². The standard InChI is InChI=1S/C21H21FN4O2/c1-13-11-15(9-10-16(13)12-23-28-4)17-7-5-6-8-18(17)24-21(27)19-14(2)25-26(3)20(19)22/h5-12H,1-4H3,(H,24,27)/b23-12+. The van der Waals surface area contributed by atoms with Gasteiger partial charge in [0.1, 0.15) is 12.7 Å². The highest BCUT2D eigenvalue weighted by atomic mass is 19.1. The van der Waals surface area contributed by atoms with E-state index in [1.54, 1.807) is 19.2 Å². The smallest absolute Gasteiger partial charge is 0.262 e. The molecule has 3 aromatic rings. The topological polar surface area (TPSA) is 68.5 Å². The van der Waals surface area contributed by atoms with Gasteiger partial charge in [0.15, 0.2) is 0 Å². The van der Waals surface area contributed by atoms with E-state index in [0.29, 0.717) is 11.4 Å². The fourth-order valence-corrected chi connectivity index (χ4v) is 3.01. The molecule has 3 rings (SSSR count). The zero-order chi connectivity index (χ0) is 20.3. The van der Waals surface area contributed by atoms with E-state index in [9.17, 15) is 9.18 Å². The average Bonchev–Trinajstić information content (AvgIpc) is 2.93. The molecule has 0 aliphatic rings. The second-order valence-corrected chi connectivity index (χ2v) is 6.36. The van der Waals surface area contributed by atoms with Crippen molar-refractivity contribution < 1.29 is 14.0 Å². The Morgan fingerprint density at radius 2 is 2.00 bits per heavy atom. The van der Waals surface area contributed by atoms with Gasteiger partial charge in [-0.15, -0.1) is 0 Å². The number of aryl methyl sites for hydroxylation is 3. The van der Waals surface area contributed by atoms with Crippen molar-refractivity contribution in [3.63, 3.8) is 0 Å². The van der Waals surface area contributed by atoms with Crippen LogP contribution in [0.2, 0.25) is 0 Å². The van der Waals surface area contributed by atoms with E-state index in [0.717, 1.165) is 26.9 Å². The van der Waals surface area contributed by atoms with Crippen molar-refractivity contribution in [2.45, 2.75) is 13.8 Å². The van der Waals surface area contributed by atoms with Gasteiger partial charge in [-0.1, -0.05) is 41.6 Å². The highest BCUT2D eigenvalue weighted by molar-refractivity contribution is 6.07. The van der Waals surface area contributed by atoms with Crippen LogP contribution in [0.15, 0.2) is 47.6 Å². The largest absolute Gasteiger partial charge is 0.399 e. The Bertz CT molecular complexity index is 1060. The Hall–Kier alpha value is -3.48. The van der Waals surface area contributed by atoms with Crippen molar-refractivity contribution in [2.24, 2.45) is 12.2 Å². The number of carbonyl (C=O) groups is 1. The van der Waals surface area contributed by atoms with Crippen molar-refractivity contribution >= 4 is 17.8 Å². The molecule has 28 heavy (non-hydrogen) atoms. The van der Waals surface area contributed by atoms with E-state index in [-0.39, 0.29) is 5.56 Å². The Morgan fingerprint density at radius 1 is 1.25 bits per heavy atom. The molecule has 0 saturated heterocycles. The molecule has 2 aromatic carbocycles. The van der Waals surface area contributed by atoms with Gasteiger partial charge in [0.05, 0.1) is 11.9 Å². The number of hydrogen-bond donors (Lipinski definition) is 1. The Labute approximate surface area is 162 Å². The Kier molecular flexibility index (Phi) is 5.54. The average molecular weight is 380 g/mol. The summed E-state index contributed by atoms with van der Waals surface area (Å²) in [6.45, 7) is 3.57. The van der Waals surface area contributed by atoms with Crippen molar-refractivity contribution in [1.82, 2.24) is 9.78 Å². The summed E-state index contributed by atoms with van der Waals surface area (Å²) >= 11 is 0. The minimum absolute atomic E-state index is 0.0559. The lowest BCUT2D eigenvalue weighted by Gasteiger charge is -2.12. The second-order valence-electron chi connectivity index (χ2n) is 6.36. The predicted molar refractivity (Wildman–Crippen MR) is 107 cm³/mol. The summed E-state index contributed by atoms with van der Waals surface area (Å²) in [6.07, 6.45) is 1.64. The van der Waals surface area contributed by atoms with Crippen LogP contribution in [-0.2, 0) is 11.9 Å². The van der Waals surface area contributed by atoms with Crippen molar-refractivity contribution in [2.75, 3.05) is 12.4 Å². The van der Waals surface area contributed by atoms with Gasteiger partial charge >= 0.3 is 0 Å². The number of halogens is 1. The molecule has 0 radical (unpaired) electrons. The lowest BCUT2D eigenvalue weighted by Crippen LogP contribution is -2.15. The van der Waals surface area contributed by atoms with Gasteiger partial charge in [-0.05, 0) is 36.6 Å². The molecular weight excluding hydrogens is 359 g/mol. The van der Waals surface area contributed by atoms with E-state index in [1.165, 1.54) is 14.2 Å². The van der Waals surface area contributed by atoms with Gasteiger partial charge in [-0.25, -0.2) is 4.68 Å². The van der Waals surface area contributed by atoms with E-state index in [1.807, 2.05) is 43.3 Å². The van der Waals surface area contributed by atoms with Crippen LogP contribution in [0.25, 0.3) is 11.1 Å². The van der Waals surface area contributed by atoms with Crippen LogP contribution < -0.4 is 5.32 Å². The third-order valence-corrected chi connectivity index (χ3v) is 4.43.